The molecule has 0 aliphatic carbocycles. The number of unbranched alkanes of at least 4 members (excludes halogenated alkanes) is 5. The smallest absolute Gasteiger partial charge is 0.311 e. The predicted molar refractivity (Wildman–Crippen MR) is 102 cm³/mol. The van der Waals surface area contributed by atoms with Gasteiger partial charge in [-0.15, -0.1) is 0 Å². The number of aliphatic carboxylic acids is 1. The first-order valence-corrected chi connectivity index (χ1v) is 9.30. The van der Waals surface area contributed by atoms with Gasteiger partial charge in [-0.05, 0) is 18.9 Å². The summed E-state index contributed by atoms with van der Waals surface area (Å²) in [6.07, 6.45) is 10.2. The van der Waals surface area contributed by atoms with Crippen molar-refractivity contribution in [3.8, 4) is 0 Å². The van der Waals surface area contributed by atoms with Gasteiger partial charge in [0.1, 0.15) is 0 Å². The number of nitrogens with one attached hydrogen (secondary N) is 1. The normalized spacial score (nSPS) is 13.5. The number of hydrogen-bond acceptors (Lipinski definition) is 2. The lowest BCUT2D eigenvalue weighted by Crippen LogP contribution is -2.36. The lowest BCUT2D eigenvalue weighted by molar-refractivity contribution is -0.143. The molecule has 0 radical (unpaired) electrons. The number of rotatable bonds is 12. The van der Waals surface area contributed by atoms with E-state index in [1.807, 2.05) is 30.3 Å². The second-order valence-electron chi connectivity index (χ2n) is 6.34. The van der Waals surface area contributed by atoms with Gasteiger partial charge in [-0.3, -0.25) is 9.59 Å². The van der Waals surface area contributed by atoms with E-state index in [0.29, 0.717) is 6.54 Å². The fourth-order valence-electron chi connectivity index (χ4n) is 2.95. The average Bonchev–Trinajstić information content (AvgIpc) is 2.61. The first-order valence-electron chi connectivity index (χ1n) is 9.30. The summed E-state index contributed by atoms with van der Waals surface area (Å²) in [4.78, 5) is 24.3. The molecule has 1 aromatic carbocycles. The number of amides is 1. The van der Waals surface area contributed by atoms with Crippen LogP contribution in [0.5, 0.6) is 0 Å². The summed E-state index contributed by atoms with van der Waals surface area (Å²) in [7, 11) is 0. The van der Waals surface area contributed by atoms with Gasteiger partial charge in [0.2, 0.25) is 5.91 Å². The standard InChI is InChI=1S/C21H31NO3/c1-3-5-6-7-8-12-16-22-20(23)19(17-14-10-9-11-15-17)18(13-4-2)21(24)25/h4,9-11,13-15,18-19H,3,5-8,12,16H2,1-2H3,(H,22,23)(H,24,25). The summed E-state index contributed by atoms with van der Waals surface area (Å²) in [5.74, 6) is -2.78. The first-order chi connectivity index (χ1) is 12.1. The fourth-order valence-corrected chi connectivity index (χ4v) is 2.95. The Labute approximate surface area is 151 Å². The minimum atomic E-state index is -0.985. The monoisotopic (exact) mass is 345 g/mol. The van der Waals surface area contributed by atoms with Crippen LogP contribution in [0.4, 0.5) is 0 Å². The summed E-state index contributed by atoms with van der Waals surface area (Å²) in [5.41, 5.74) is 0.730. The van der Waals surface area contributed by atoms with Gasteiger partial charge in [-0.25, -0.2) is 0 Å². The minimum absolute atomic E-state index is 0.217. The topological polar surface area (TPSA) is 66.4 Å². The minimum Gasteiger partial charge on any atom is -0.481 e. The number of hydrogen-bond donors (Lipinski definition) is 2. The van der Waals surface area contributed by atoms with Crippen LogP contribution in [0.25, 0.3) is 0 Å². The van der Waals surface area contributed by atoms with Gasteiger partial charge in [-0.2, -0.15) is 0 Å². The SMILES string of the molecule is CC=CC(C(=O)O)C(C(=O)NCCCCCCCC)c1ccccc1. The van der Waals surface area contributed by atoms with Crippen LogP contribution in [0.2, 0.25) is 0 Å². The molecule has 2 atom stereocenters. The zero-order valence-corrected chi connectivity index (χ0v) is 15.4. The maximum atomic E-state index is 12.7. The molecule has 1 rings (SSSR count). The molecule has 0 aliphatic rings. The van der Waals surface area contributed by atoms with Gasteiger partial charge in [-0.1, -0.05) is 81.5 Å². The van der Waals surface area contributed by atoms with Crippen LogP contribution in [-0.2, 0) is 9.59 Å². The molecular formula is C21H31NO3. The van der Waals surface area contributed by atoms with E-state index >= 15 is 0 Å². The molecule has 25 heavy (non-hydrogen) atoms. The van der Waals surface area contributed by atoms with Crippen LogP contribution in [0.15, 0.2) is 42.5 Å². The summed E-state index contributed by atoms with van der Waals surface area (Å²) >= 11 is 0. The highest BCUT2D eigenvalue weighted by molar-refractivity contribution is 5.90. The Kier molecular flexibility index (Phi) is 10.3. The Balaban J connectivity index is 2.69. The molecule has 1 amide bonds. The summed E-state index contributed by atoms with van der Waals surface area (Å²) in [6, 6.07) is 9.15. The molecule has 0 aliphatic heterocycles. The zero-order chi connectivity index (χ0) is 18.5. The molecule has 0 heterocycles. The third-order valence-corrected chi connectivity index (χ3v) is 4.31. The van der Waals surface area contributed by atoms with Crippen LogP contribution in [0.1, 0.15) is 63.9 Å². The number of carboxylic acids is 1. The van der Waals surface area contributed by atoms with Crippen LogP contribution in [-0.4, -0.2) is 23.5 Å². The van der Waals surface area contributed by atoms with E-state index in [-0.39, 0.29) is 5.91 Å². The first kappa shape index (κ1) is 20.9. The lowest BCUT2D eigenvalue weighted by atomic mass is 9.84. The van der Waals surface area contributed by atoms with Crippen molar-refractivity contribution in [1.29, 1.82) is 0 Å². The Bertz CT molecular complexity index is 539. The second kappa shape index (κ2) is 12.3. The molecule has 0 saturated heterocycles. The predicted octanol–water partition coefficient (Wildman–Crippen LogP) is 4.52. The van der Waals surface area contributed by atoms with E-state index in [4.69, 9.17) is 0 Å². The van der Waals surface area contributed by atoms with Gasteiger partial charge in [0, 0.05) is 6.54 Å². The maximum absolute atomic E-state index is 12.7. The summed E-state index contributed by atoms with van der Waals surface area (Å²) in [6.45, 7) is 4.55. The van der Waals surface area contributed by atoms with Gasteiger partial charge >= 0.3 is 5.97 Å². The summed E-state index contributed by atoms with van der Waals surface area (Å²) in [5, 5.41) is 12.5. The quantitative estimate of drug-likeness (QED) is 0.432. The number of carbonyl (C=O) groups is 2. The van der Waals surface area contributed by atoms with Crippen molar-refractivity contribution in [2.75, 3.05) is 6.54 Å². The van der Waals surface area contributed by atoms with E-state index in [9.17, 15) is 14.7 Å². The van der Waals surface area contributed by atoms with Crippen LogP contribution >= 0.6 is 0 Å². The lowest BCUT2D eigenvalue weighted by Gasteiger charge is -2.21. The van der Waals surface area contributed by atoms with E-state index in [1.165, 1.54) is 25.7 Å². The molecule has 4 nitrogen and oxygen atoms in total. The highest BCUT2D eigenvalue weighted by Gasteiger charge is 2.32. The van der Waals surface area contributed by atoms with E-state index in [0.717, 1.165) is 18.4 Å². The molecule has 2 unspecified atom stereocenters. The molecule has 4 heteroatoms. The molecule has 0 saturated carbocycles. The van der Waals surface area contributed by atoms with Crippen molar-refractivity contribution in [3.05, 3.63) is 48.0 Å². The van der Waals surface area contributed by atoms with Crippen LogP contribution < -0.4 is 5.32 Å². The molecular weight excluding hydrogens is 314 g/mol. The van der Waals surface area contributed by atoms with Crippen molar-refractivity contribution in [1.82, 2.24) is 5.32 Å². The number of allylic oxidation sites excluding steroid dienone is 1. The number of carboxylic acid groups (broad SMARTS) is 1. The second-order valence-corrected chi connectivity index (χ2v) is 6.34. The van der Waals surface area contributed by atoms with Gasteiger partial charge < -0.3 is 10.4 Å². The van der Waals surface area contributed by atoms with Crippen molar-refractivity contribution < 1.29 is 14.7 Å². The van der Waals surface area contributed by atoms with E-state index in [2.05, 4.69) is 12.2 Å². The average molecular weight is 345 g/mol. The molecule has 0 aromatic heterocycles. The van der Waals surface area contributed by atoms with Crippen molar-refractivity contribution in [2.24, 2.45) is 5.92 Å². The van der Waals surface area contributed by atoms with Gasteiger partial charge in [0.05, 0.1) is 11.8 Å². The molecule has 1 aromatic rings. The van der Waals surface area contributed by atoms with Crippen LogP contribution in [0, 0.1) is 5.92 Å². The van der Waals surface area contributed by atoms with Gasteiger partial charge in [0.15, 0.2) is 0 Å². The Hall–Kier alpha value is -2.10. The Morgan fingerprint density at radius 2 is 1.72 bits per heavy atom. The van der Waals surface area contributed by atoms with Crippen molar-refractivity contribution in [3.63, 3.8) is 0 Å². The molecule has 0 spiro atoms. The largest absolute Gasteiger partial charge is 0.481 e. The number of carbonyl (C=O) groups excluding carboxylic acids is 1. The Morgan fingerprint density at radius 3 is 2.32 bits per heavy atom. The molecule has 2 N–H and O–H groups in total. The third-order valence-electron chi connectivity index (χ3n) is 4.31. The molecule has 0 bridgehead atoms. The molecule has 138 valence electrons. The van der Waals surface area contributed by atoms with E-state index < -0.39 is 17.8 Å². The zero-order valence-electron chi connectivity index (χ0n) is 15.4. The fraction of sp³-hybridized carbons (Fsp3) is 0.524. The van der Waals surface area contributed by atoms with Crippen LogP contribution in [0.3, 0.4) is 0 Å². The third kappa shape index (κ3) is 7.55. The van der Waals surface area contributed by atoms with E-state index in [1.54, 1.807) is 19.1 Å². The molecule has 0 fully saturated rings. The maximum Gasteiger partial charge on any atom is 0.311 e. The highest BCUT2D eigenvalue weighted by atomic mass is 16.4. The van der Waals surface area contributed by atoms with Crippen molar-refractivity contribution in [2.45, 2.75) is 58.3 Å². The van der Waals surface area contributed by atoms with Gasteiger partial charge in [0.25, 0.3) is 0 Å². The summed E-state index contributed by atoms with van der Waals surface area (Å²) < 4.78 is 0. The highest BCUT2D eigenvalue weighted by Crippen LogP contribution is 2.27. The number of benzene rings is 1. The van der Waals surface area contributed by atoms with Crippen molar-refractivity contribution >= 4 is 11.9 Å². The Morgan fingerprint density at radius 1 is 1.08 bits per heavy atom.